The molecule has 0 aliphatic heterocycles. The van der Waals surface area contributed by atoms with Crippen molar-refractivity contribution in [2.45, 2.75) is 47.0 Å². The van der Waals surface area contributed by atoms with Gasteiger partial charge in [0.15, 0.2) is 0 Å². The van der Waals surface area contributed by atoms with Crippen molar-refractivity contribution in [2.24, 2.45) is 16.7 Å². The standard InChI is InChI=1S/C11H21Cl/c1-5-10(3,4)7-11(8-12)6-9(11)2/h9H,5-8H2,1-4H3. The van der Waals surface area contributed by atoms with Gasteiger partial charge in [0, 0.05) is 5.88 Å². The van der Waals surface area contributed by atoms with E-state index in [1.165, 1.54) is 19.3 Å². The van der Waals surface area contributed by atoms with E-state index in [0.29, 0.717) is 10.8 Å². The summed E-state index contributed by atoms with van der Waals surface area (Å²) in [7, 11) is 0. The molecule has 1 aliphatic rings. The Morgan fingerprint density at radius 2 is 2.00 bits per heavy atom. The molecule has 1 fully saturated rings. The zero-order valence-corrected chi connectivity index (χ0v) is 9.54. The molecule has 1 aliphatic carbocycles. The summed E-state index contributed by atoms with van der Waals surface area (Å²) in [5, 5.41) is 0. The highest BCUT2D eigenvalue weighted by atomic mass is 35.5. The van der Waals surface area contributed by atoms with E-state index in [9.17, 15) is 0 Å². The maximum absolute atomic E-state index is 6.01. The van der Waals surface area contributed by atoms with Gasteiger partial charge in [0.1, 0.15) is 0 Å². The lowest BCUT2D eigenvalue weighted by Gasteiger charge is -2.28. The van der Waals surface area contributed by atoms with Crippen LogP contribution in [0.25, 0.3) is 0 Å². The fourth-order valence-electron chi connectivity index (χ4n) is 2.11. The lowest BCUT2D eigenvalue weighted by Crippen LogP contribution is -2.19. The highest BCUT2D eigenvalue weighted by Gasteiger charge is 2.52. The van der Waals surface area contributed by atoms with Gasteiger partial charge in [0.2, 0.25) is 0 Å². The third-order valence-electron chi connectivity index (χ3n) is 3.65. The molecule has 2 atom stereocenters. The molecule has 0 radical (unpaired) electrons. The van der Waals surface area contributed by atoms with Crippen molar-refractivity contribution in [3.63, 3.8) is 0 Å². The molecule has 0 spiro atoms. The first-order valence-corrected chi connectivity index (χ1v) is 5.55. The molecule has 0 aromatic carbocycles. The minimum Gasteiger partial charge on any atom is -0.126 e. The molecule has 0 saturated heterocycles. The first-order chi connectivity index (χ1) is 5.46. The summed E-state index contributed by atoms with van der Waals surface area (Å²) in [6.07, 6.45) is 3.92. The Bertz CT molecular complexity index is 158. The third-order valence-corrected chi connectivity index (χ3v) is 4.18. The summed E-state index contributed by atoms with van der Waals surface area (Å²) < 4.78 is 0. The van der Waals surface area contributed by atoms with Gasteiger partial charge in [0.05, 0.1) is 0 Å². The Labute approximate surface area is 81.7 Å². The minimum absolute atomic E-state index is 0.486. The van der Waals surface area contributed by atoms with E-state index in [-0.39, 0.29) is 0 Å². The molecule has 1 rings (SSSR count). The van der Waals surface area contributed by atoms with Crippen LogP contribution in [0.4, 0.5) is 0 Å². The molecule has 0 aromatic heterocycles. The van der Waals surface area contributed by atoms with Gasteiger partial charge in [-0.1, -0.05) is 34.1 Å². The van der Waals surface area contributed by atoms with Crippen LogP contribution in [0.15, 0.2) is 0 Å². The number of hydrogen-bond donors (Lipinski definition) is 0. The molecule has 0 nitrogen and oxygen atoms in total. The van der Waals surface area contributed by atoms with E-state index in [1.54, 1.807) is 0 Å². The molecule has 1 saturated carbocycles. The van der Waals surface area contributed by atoms with Crippen molar-refractivity contribution in [1.29, 1.82) is 0 Å². The zero-order valence-electron chi connectivity index (χ0n) is 8.78. The summed E-state index contributed by atoms with van der Waals surface area (Å²) in [6.45, 7) is 9.31. The highest BCUT2D eigenvalue weighted by Crippen LogP contribution is 2.59. The number of hydrogen-bond acceptors (Lipinski definition) is 0. The molecule has 0 aromatic rings. The molecule has 12 heavy (non-hydrogen) atoms. The van der Waals surface area contributed by atoms with Crippen molar-refractivity contribution in [3.8, 4) is 0 Å². The highest BCUT2D eigenvalue weighted by molar-refractivity contribution is 6.18. The summed E-state index contributed by atoms with van der Waals surface area (Å²) in [5.74, 6) is 1.72. The van der Waals surface area contributed by atoms with E-state index in [1.807, 2.05) is 0 Å². The van der Waals surface area contributed by atoms with E-state index < -0.39 is 0 Å². The van der Waals surface area contributed by atoms with Gasteiger partial charge in [-0.2, -0.15) is 0 Å². The summed E-state index contributed by atoms with van der Waals surface area (Å²) in [4.78, 5) is 0. The SMILES string of the molecule is CCC(C)(C)CC1(CCl)CC1C. The fraction of sp³-hybridized carbons (Fsp3) is 1.00. The number of alkyl halides is 1. The maximum atomic E-state index is 6.01. The summed E-state index contributed by atoms with van der Waals surface area (Å²) in [5.41, 5.74) is 0.987. The molecule has 0 bridgehead atoms. The predicted octanol–water partition coefficient (Wildman–Crippen LogP) is 4.08. The molecule has 1 heteroatoms. The monoisotopic (exact) mass is 188 g/mol. The normalized spacial score (nSPS) is 35.2. The second-order valence-electron chi connectivity index (χ2n) is 5.30. The van der Waals surface area contributed by atoms with Gasteiger partial charge < -0.3 is 0 Å². The lowest BCUT2D eigenvalue weighted by atomic mass is 9.79. The maximum Gasteiger partial charge on any atom is 0.0282 e. The lowest BCUT2D eigenvalue weighted by molar-refractivity contribution is 0.246. The molecule has 0 amide bonds. The van der Waals surface area contributed by atoms with Crippen LogP contribution in [0.5, 0.6) is 0 Å². The Morgan fingerprint density at radius 1 is 1.50 bits per heavy atom. The molecular weight excluding hydrogens is 168 g/mol. The molecule has 72 valence electrons. The number of rotatable bonds is 4. The van der Waals surface area contributed by atoms with Crippen molar-refractivity contribution in [1.82, 2.24) is 0 Å². The fourth-order valence-corrected chi connectivity index (χ4v) is 2.58. The minimum atomic E-state index is 0.486. The van der Waals surface area contributed by atoms with Crippen LogP contribution < -0.4 is 0 Å². The van der Waals surface area contributed by atoms with Gasteiger partial charge in [-0.15, -0.1) is 11.6 Å². The van der Waals surface area contributed by atoms with E-state index >= 15 is 0 Å². The van der Waals surface area contributed by atoms with Crippen LogP contribution >= 0.6 is 11.6 Å². The largest absolute Gasteiger partial charge is 0.126 e. The van der Waals surface area contributed by atoms with Crippen LogP contribution in [-0.2, 0) is 0 Å². The second-order valence-corrected chi connectivity index (χ2v) is 5.56. The van der Waals surface area contributed by atoms with Gasteiger partial charge in [-0.05, 0) is 29.6 Å². The Balaban J connectivity index is 2.50. The van der Waals surface area contributed by atoms with Gasteiger partial charge in [0.25, 0.3) is 0 Å². The molecular formula is C11H21Cl. The average Bonchev–Trinajstić information content (AvgIpc) is 2.62. The van der Waals surface area contributed by atoms with Gasteiger partial charge in [-0.25, -0.2) is 0 Å². The van der Waals surface area contributed by atoms with Gasteiger partial charge in [-0.3, -0.25) is 0 Å². The molecule has 0 heterocycles. The Hall–Kier alpha value is 0.290. The van der Waals surface area contributed by atoms with Crippen molar-refractivity contribution < 1.29 is 0 Å². The van der Waals surface area contributed by atoms with Crippen molar-refractivity contribution >= 4 is 11.6 Å². The van der Waals surface area contributed by atoms with Gasteiger partial charge >= 0.3 is 0 Å². The third kappa shape index (κ3) is 1.96. The first kappa shape index (κ1) is 10.4. The van der Waals surface area contributed by atoms with E-state index in [0.717, 1.165) is 11.8 Å². The van der Waals surface area contributed by atoms with Crippen molar-refractivity contribution in [2.75, 3.05) is 5.88 Å². The Kier molecular flexibility index (Phi) is 2.78. The summed E-state index contributed by atoms with van der Waals surface area (Å²) in [6, 6.07) is 0. The molecule has 2 unspecified atom stereocenters. The first-order valence-electron chi connectivity index (χ1n) is 5.02. The zero-order chi connectivity index (χ0) is 9.41. The summed E-state index contributed by atoms with van der Waals surface area (Å²) >= 11 is 6.01. The van der Waals surface area contributed by atoms with E-state index in [4.69, 9.17) is 11.6 Å². The average molecular weight is 189 g/mol. The predicted molar refractivity (Wildman–Crippen MR) is 55.6 cm³/mol. The number of halogens is 1. The topological polar surface area (TPSA) is 0 Å². The van der Waals surface area contributed by atoms with Crippen LogP contribution in [0.2, 0.25) is 0 Å². The quantitative estimate of drug-likeness (QED) is 0.584. The second kappa shape index (κ2) is 3.21. The van der Waals surface area contributed by atoms with Crippen LogP contribution in [0, 0.1) is 16.7 Å². The van der Waals surface area contributed by atoms with E-state index in [2.05, 4.69) is 27.7 Å². The van der Waals surface area contributed by atoms with Crippen LogP contribution in [0.3, 0.4) is 0 Å². The molecule has 0 N–H and O–H groups in total. The Morgan fingerprint density at radius 3 is 2.25 bits per heavy atom. The van der Waals surface area contributed by atoms with Crippen LogP contribution in [-0.4, -0.2) is 5.88 Å². The smallest absolute Gasteiger partial charge is 0.0282 e. The van der Waals surface area contributed by atoms with Crippen molar-refractivity contribution in [3.05, 3.63) is 0 Å². The van der Waals surface area contributed by atoms with Crippen LogP contribution in [0.1, 0.15) is 47.0 Å².